The van der Waals surface area contributed by atoms with Crippen LogP contribution in [0.25, 0.3) is 0 Å². The second kappa shape index (κ2) is 3.33. The summed E-state index contributed by atoms with van der Waals surface area (Å²) < 4.78 is 4.72. The summed E-state index contributed by atoms with van der Waals surface area (Å²) in [6.45, 7) is 2.02. The molecule has 3 nitrogen and oxygen atoms in total. The molecule has 14 heavy (non-hydrogen) atoms. The molecule has 1 saturated heterocycles. The van der Waals surface area contributed by atoms with Gasteiger partial charge in [-0.1, -0.05) is 18.2 Å². The highest BCUT2D eigenvalue weighted by atomic mass is 16.5. The van der Waals surface area contributed by atoms with Gasteiger partial charge in [-0.3, -0.25) is 0 Å². The normalized spacial score (nSPS) is 24.6. The number of anilines is 1. The minimum Gasteiger partial charge on any atom is -0.467 e. The lowest BCUT2D eigenvalue weighted by Gasteiger charge is -2.03. The Labute approximate surface area is 83.3 Å². The molecule has 2 atom stereocenters. The summed E-state index contributed by atoms with van der Waals surface area (Å²) in [7, 11) is 1.43. The maximum atomic E-state index is 11.3. The minimum atomic E-state index is -0.152. The Morgan fingerprint density at radius 3 is 2.57 bits per heavy atom. The fourth-order valence-electron chi connectivity index (χ4n) is 1.78. The number of esters is 1. The Morgan fingerprint density at radius 2 is 2.00 bits per heavy atom. The molecule has 1 aliphatic heterocycles. The summed E-state index contributed by atoms with van der Waals surface area (Å²) in [4.78, 5) is 13.4. The van der Waals surface area contributed by atoms with Gasteiger partial charge in [-0.15, -0.1) is 0 Å². The van der Waals surface area contributed by atoms with Crippen LogP contribution in [-0.2, 0) is 9.53 Å². The van der Waals surface area contributed by atoms with Crippen LogP contribution in [0.1, 0.15) is 6.92 Å². The van der Waals surface area contributed by atoms with Gasteiger partial charge in [0, 0.05) is 5.69 Å². The van der Waals surface area contributed by atoms with E-state index in [9.17, 15) is 4.79 Å². The largest absolute Gasteiger partial charge is 0.467 e. The quantitative estimate of drug-likeness (QED) is 0.523. The summed E-state index contributed by atoms with van der Waals surface area (Å²) in [6, 6.07) is 10.1. The van der Waals surface area contributed by atoms with Crippen LogP contribution in [0.2, 0.25) is 0 Å². The maximum Gasteiger partial charge on any atom is 0.330 e. The number of carbonyl (C=O) groups excluding carboxylic acids is 1. The minimum absolute atomic E-state index is 0.0950. The monoisotopic (exact) mass is 191 g/mol. The zero-order valence-electron chi connectivity index (χ0n) is 8.31. The molecule has 0 spiro atoms. The lowest BCUT2D eigenvalue weighted by Crippen LogP contribution is -2.14. The van der Waals surface area contributed by atoms with Crippen molar-refractivity contribution >= 4 is 11.7 Å². The molecular weight excluding hydrogens is 178 g/mol. The number of hydrogen-bond acceptors (Lipinski definition) is 3. The standard InChI is InChI=1S/C11H13NO2/c1-8-10(11(13)14-2)12(8)9-6-4-3-5-7-9/h3-8,10H,1-2H3/t8-,10+,12?/m0/s1. The first-order valence-electron chi connectivity index (χ1n) is 4.67. The molecular formula is C11H13NO2. The molecule has 1 heterocycles. The molecule has 1 fully saturated rings. The molecule has 0 bridgehead atoms. The first-order valence-corrected chi connectivity index (χ1v) is 4.67. The van der Waals surface area contributed by atoms with Crippen molar-refractivity contribution in [2.45, 2.75) is 19.0 Å². The van der Waals surface area contributed by atoms with Crippen molar-refractivity contribution in [1.82, 2.24) is 0 Å². The van der Waals surface area contributed by atoms with Gasteiger partial charge in [0.2, 0.25) is 0 Å². The van der Waals surface area contributed by atoms with Gasteiger partial charge in [0.15, 0.2) is 0 Å². The molecule has 1 aromatic rings. The highest BCUT2D eigenvalue weighted by Gasteiger charge is 2.50. The maximum absolute atomic E-state index is 11.3. The number of nitrogens with zero attached hydrogens (tertiary/aromatic N) is 1. The second-order valence-electron chi connectivity index (χ2n) is 3.45. The van der Waals surface area contributed by atoms with E-state index in [1.54, 1.807) is 0 Å². The zero-order valence-corrected chi connectivity index (χ0v) is 8.31. The molecule has 0 N–H and O–H groups in total. The van der Waals surface area contributed by atoms with Crippen molar-refractivity contribution in [3.05, 3.63) is 30.3 Å². The van der Waals surface area contributed by atoms with E-state index in [1.165, 1.54) is 7.11 Å². The number of hydrogen-bond donors (Lipinski definition) is 0. The van der Waals surface area contributed by atoms with Crippen molar-refractivity contribution < 1.29 is 9.53 Å². The molecule has 0 aromatic heterocycles. The molecule has 0 amide bonds. The lowest BCUT2D eigenvalue weighted by atomic mass is 10.3. The molecule has 0 saturated carbocycles. The summed E-state index contributed by atoms with van der Waals surface area (Å²) in [6.07, 6.45) is 0. The third kappa shape index (κ3) is 1.35. The van der Waals surface area contributed by atoms with Gasteiger partial charge in [-0.05, 0) is 19.1 Å². The van der Waals surface area contributed by atoms with Gasteiger partial charge in [0.05, 0.1) is 13.2 Å². The van der Waals surface area contributed by atoms with Crippen LogP contribution in [0.3, 0.4) is 0 Å². The SMILES string of the molecule is COC(=O)[C@H]1[C@H](C)N1c1ccccc1. The Balaban J connectivity index is 2.13. The summed E-state index contributed by atoms with van der Waals surface area (Å²) in [5.41, 5.74) is 1.08. The summed E-state index contributed by atoms with van der Waals surface area (Å²) >= 11 is 0. The van der Waals surface area contributed by atoms with E-state index in [4.69, 9.17) is 4.74 Å². The molecule has 1 aromatic carbocycles. The van der Waals surface area contributed by atoms with E-state index in [-0.39, 0.29) is 18.1 Å². The van der Waals surface area contributed by atoms with Crippen molar-refractivity contribution in [2.75, 3.05) is 12.0 Å². The Kier molecular flexibility index (Phi) is 2.15. The van der Waals surface area contributed by atoms with Gasteiger partial charge in [0.1, 0.15) is 6.04 Å². The zero-order chi connectivity index (χ0) is 10.1. The number of benzene rings is 1. The van der Waals surface area contributed by atoms with Gasteiger partial charge in [-0.25, -0.2) is 4.79 Å². The molecule has 74 valence electrons. The lowest BCUT2D eigenvalue weighted by molar-refractivity contribution is -0.139. The third-order valence-corrected chi connectivity index (χ3v) is 2.60. The van der Waals surface area contributed by atoms with Crippen LogP contribution >= 0.6 is 0 Å². The fourth-order valence-corrected chi connectivity index (χ4v) is 1.78. The molecule has 3 heteroatoms. The highest BCUT2D eigenvalue weighted by molar-refractivity contribution is 5.87. The molecule has 2 rings (SSSR count). The number of carbonyl (C=O) groups is 1. The van der Waals surface area contributed by atoms with Crippen molar-refractivity contribution in [1.29, 1.82) is 0 Å². The van der Waals surface area contributed by atoms with Crippen LogP contribution < -0.4 is 4.90 Å². The Morgan fingerprint density at radius 1 is 1.36 bits per heavy atom. The van der Waals surface area contributed by atoms with E-state index in [2.05, 4.69) is 0 Å². The summed E-state index contributed by atoms with van der Waals surface area (Å²) in [5.74, 6) is -0.152. The van der Waals surface area contributed by atoms with Crippen LogP contribution in [-0.4, -0.2) is 25.2 Å². The number of ether oxygens (including phenoxy) is 1. The average molecular weight is 191 g/mol. The van der Waals surface area contributed by atoms with Crippen LogP contribution in [0.5, 0.6) is 0 Å². The first kappa shape index (κ1) is 9.06. The van der Waals surface area contributed by atoms with Crippen LogP contribution in [0.15, 0.2) is 30.3 Å². The smallest absolute Gasteiger partial charge is 0.330 e. The van der Waals surface area contributed by atoms with Crippen LogP contribution in [0.4, 0.5) is 5.69 Å². The van der Waals surface area contributed by atoms with Gasteiger partial charge in [-0.2, -0.15) is 0 Å². The van der Waals surface area contributed by atoms with Crippen molar-refractivity contribution in [2.24, 2.45) is 0 Å². The van der Waals surface area contributed by atoms with E-state index in [0.717, 1.165) is 5.69 Å². The Bertz CT molecular complexity index is 336. The topological polar surface area (TPSA) is 29.3 Å². The predicted molar refractivity (Wildman–Crippen MR) is 54.2 cm³/mol. The van der Waals surface area contributed by atoms with Gasteiger partial charge < -0.3 is 9.64 Å². The van der Waals surface area contributed by atoms with Gasteiger partial charge in [0.25, 0.3) is 0 Å². The van der Waals surface area contributed by atoms with Crippen LogP contribution in [0, 0.1) is 0 Å². The van der Waals surface area contributed by atoms with Crippen molar-refractivity contribution in [3.63, 3.8) is 0 Å². The first-order chi connectivity index (χ1) is 6.75. The van der Waals surface area contributed by atoms with E-state index in [1.807, 2.05) is 42.2 Å². The molecule has 0 radical (unpaired) electrons. The predicted octanol–water partition coefficient (Wildman–Crippen LogP) is 1.44. The van der Waals surface area contributed by atoms with Gasteiger partial charge >= 0.3 is 5.97 Å². The third-order valence-electron chi connectivity index (χ3n) is 2.60. The van der Waals surface area contributed by atoms with Crippen molar-refractivity contribution in [3.8, 4) is 0 Å². The van der Waals surface area contributed by atoms with E-state index < -0.39 is 0 Å². The number of rotatable bonds is 2. The fraction of sp³-hybridized carbons (Fsp3) is 0.364. The van der Waals surface area contributed by atoms with E-state index in [0.29, 0.717) is 0 Å². The molecule has 1 aliphatic rings. The average Bonchev–Trinajstić information content (AvgIpc) is 2.90. The highest BCUT2D eigenvalue weighted by Crippen LogP contribution is 2.35. The number of para-hydroxylation sites is 1. The van der Waals surface area contributed by atoms with E-state index >= 15 is 0 Å². The molecule has 0 aliphatic carbocycles. The second-order valence-corrected chi connectivity index (χ2v) is 3.45. The summed E-state index contributed by atoms with van der Waals surface area (Å²) in [5, 5.41) is 0. The number of methoxy groups -OCH3 is 1. The molecule has 0 unspecified atom stereocenters. The Hall–Kier alpha value is -1.51.